The molecule has 0 fully saturated rings. The Balaban J connectivity index is 2.11. The van der Waals surface area contributed by atoms with Gasteiger partial charge in [-0.1, -0.05) is 45.0 Å². The van der Waals surface area contributed by atoms with E-state index in [1.165, 1.54) is 12.7 Å². The van der Waals surface area contributed by atoms with Crippen LogP contribution in [0.5, 0.6) is 0 Å². The lowest BCUT2D eigenvalue weighted by Gasteiger charge is -2.22. The maximum atomic E-state index is 13.0. The number of hydrogen-bond donors (Lipinski definition) is 2. The summed E-state index contributed by atoms with van der Waals surface area (Å²) in [4.78, 5) is 13.0. The molecule has 0 saturated heterocycles. The Kier molecular flexibility index (Phi) is 8.38. The van der Waals surface area contributed by atoms with E-state index in [9.17, 15) is 4.79 Å². The maximum absolute atomic E-state index is 13.0. The van der Waals surface area contributed by atoms with Gasteiger partial charge in [0.15, 0.2) is 0 Å². The average molecular weight is 459 g/mol. The molecule has 0 saturated carbocycles. The van der Waals surface area contributed by atoms with E-state index in [0.29, 0.717) is 11.5 Å². The number of rotatable bonds is 9. The molecule has 0 aliphatic heterocycles. The lowest BCUT2D eigenvalue weighted by molar-refractivity contribution is 0.0601. The van der Waals surface area contributed by atoms with Crippen molar-refractivity contribution in [3.8, 4) is 22.3 Å². The van der Waals surface area contributed by atoms with Crippen LogP contribution in [0, 0.1) is 26.7 Å². The normalized spacial score (nSPS) is 10.9. The van der Waals surface area contributed by atoms with E-state index >= 15 is 0 Å². The van der Waals surface area contributed by atoms with Crippen molar-refractivity contribution in [1.82, 2.24) is 0 Å². The van der Waals surface area contributed by atoms with Crippen molar-refractivity contribution in [1.29, 1.82) is 0 Å². The van der Waals surface area contributed by atoms with Gasteiger partial charge in [-0.3, -0.25) is 0 Å². The molecule has 0 unspecified atom stereocenters. The van der Waals surface area contributed by atoms with Gasteiger partial charge in [0.1, 0.15) is 0 Å². The van der Waals surface area contributed by atoms with Gasteiger partial charge in [0.25, 0.3) is 0 Å². The molecule has 2 N–H and O–H groups in total. The second kappa shape index (κ2) is 11.2. The highest BCUT2D eigenvalue weighted by atomic mass is 16.5. The summed E-state index contributed by atoms with van der Waals surface area (Å²) in [6.45, 7) is 14.7. The van der Waals surface area contributed by atoms with Gasteiger partial charge in [-0.25, -0.2) is 4.79 Å². The Morgan fingerprint density at radius 2 is 1.29 bits per heavy atom. The number of nitrogens with one attached hydrogen (secondary N) is 2. The highest BCUT2D eigenvalue weighted by Gasteiger charge is 2.24. The first-order valence-corrected chi connectivity index (χ1v) is 12.2. The van der Waals surface area contributed by atoms with Crippen LogP contribution in [0.1, 0.15) is 54.2 Å². The Labute approximate surface area is 204 Å². The fourth-order valence-corrected chi connectivity index (χ4v) is 4.41. The van der Waals surface area contributed by atoms with Gasteiger partial charge >= 0.3 is 5.97 Å². The van der Waals surface area contributed by atoms with E-state index in [-0.39, 0.29) is 5.97 Å². The Hall–Kier alpha value is -3.27. The molecule has 180 valence electrons. The Morgan fingerprint density at radius 3 is 1.79 bits per heavy atom. The number of ether oxygens (including phenoxy) is 1. The second-order valence-electron chi connectivity index (χ2n) is 9.35. The van der Waals surface area contributed by atoms with Crippen LogP contribution in [0.15, 0.2) is 48.5 Å². The minimum absolute atomic E-state index is 0.305. The van der Waals surface area contributed by atoms with Crippen molar-refractivity contribution in [2.45, 2.75) is 48.0 Å². The first-order valence-electron chi connectivity index (χ1n) is 12.2. The number of carbonyl (C=O) groups is 1. The molecule has 0 aliphatic carbocycles. The van der Waals surface area contributed by atoms with Crippen LogP contribution in [0.3, 0.4) is 0 Å². The van der Waals surface area contributed by atoms with Gasteiger partial charge < -0.3 is 15.4 Å². The van der Waals surface area contributed by atoms with Gasteiger partial charge in [0.2, 0.25) is 0 Å². The van der Waals surface area contributed by atoms with Crippen LogP contribution in [0.2, 0.25) is 0 Å². The summed E-state index contributed by atoms with van der Waals surface area (Å²) >= 11 is 0. The third-order valence-electron chi connectivity index (χ3n) is 6.34. The van der Waals surface area contributed by atoms with Crippen molar-refractivity contribution in [3.05, 3.63) is 70.8 Å². The largest absolute Gasteiger partial charge is 0.465 e. The predicted octanol–water partition coefficient (Wildman–Crippen LogP) is 7.62. The molecular formula is C30H38N2O2. The van der Waals surface area contributed by atoms with E-state index in [0.717, 1.165) is 64.3 Å². The fraction of sp³-hybridized carbons (Fsp3) is 0.367. The highest BCUT2D eigenvalue weighted by Crippen LogP contribution is 2.40. The van der Waals surface area contributed by atoms with E-state index in [2.05, 4.69) is 93.8 Å². The fourth-order valence-electron chi connectivity index (χ4n) is 4.41. The minimum atomic E-state index is -0.305. The van der Waals surface area contributed by atoms with E-state index in [1.54, 1.807) is 0 Å². The molecule has 0 heterocycles. The predicted molar refractivity (Wildman–Crippen MR) is 145 cm³/mol. The number of methoxy groups -OCH3 is 1. The molecule has 0 bridgehead atoms. The van der Waals surface area contributed by atoms with Crippen LogP contribution in [-0.2, 0) is 4.74 Å². The number of carbonyl (C=O) groups excluding carboxylic acids is 1. The molecule has 0 radical (unpaired) electrons. The van der Waals surface area contributed by atoms with Crippen molar-refractivity contribution < 1.29 is 9.53 Å². The summed E-state index contributed by atoms with van der Waals surface area (Å²) in [7, 11) is 1.45. The number of esters is 1. The Bertz CT molecular complexity index is 1130. The molecule has 4 nitrogen and oxygen atoms in total. The monoisotopic (exact) mass is 458 g/mol. The van der Waals surface area contributed by atoms with Crippen LogP contribution in [0.25, 0.3) is 22.3 Å². The zero-order valence-corrected chi connectivity index (χ0v) is 21.6. The van der Waals surface area contributed by atoms with Crippen molar-refractivity contribution in [2.75, 3.05) is 30.8 Å². The average Bonchev–Trinajstić information content (AvgIpc) is 2.84. The zero-order chi connectivity index (χ0) is 24.8. The summed E-state index contributed by atoms with van der Waals surface area (Å²) in [5.41, 5.74) is 10.2. The summed E-state index contributed by atoms with van der Waals surface area (Å²) < 4.78 is 5.25. The molecule has 0 aliphatic rings. The van der Waals surface area contributed by atoms with Crippen molar-refractivity contribution in [3.63, 3.8) is 0 Å². The van der Waals surface area contributed by atoms with Gasteiger partial charge in [-0.15, -0.1) is 0 Å². The molecule has 4 heteroatoms. The molecule has 34 heavy (non-hydrogen) atoms. The lowest BCUT2D eigenvalue weighted by Crippen LogP contribution is -2.11. The quantitative estimate of drug-likeness (QED) is 0.324. The van der Waals surface area contributed by atoms with Gasteiger partial charge in [-0.05, 0) is 96.3 Å². The number of hydrogen-bond acceptors (Lipinski definition) is 4. The molecule has 3 aromatic carbocycles. The summed E-state index contributed by atoms with van der Waals surface area (Å²) in [5, 5.41) is 6.88. The first kappa shape index (κ1) is 25.4. The van der Waals surface area contributed by atoms with Gasteiger partial charge in [0, 0.05) is 24.5 Å². The van der Waals surface area contributed by atoms with Crippen molar-refractivity contribution in [2.24, 2.45) is 5.92 Å². The maximum Gasteiger partial charge on any atom is 0.338 e. The zero-order valence-electron chi connectivity index (χ0n) is 21.6. The van der Waals surface area contributed by atoms with Crippen LogP contribution < -0.4 is 10.6 Å². The topological polar surface area (TPSA) is 50.4 Å². The van der Waals surface area contributed by atoms with Gasteiger partial charge in [-0.2, -0.15) is 0 Å². The first-order chi connectivity index (χ1) is 16.3. The molecule has 3 aromatic rings. The standard InChI is InChI=1S/C30H38N2O2/c1-8-17-31-25-13-11-24(12-14-25)28-21(5)20(4)27(22(6)29(28)30(33)34-7)23-9-15-26(16-10-23)32-18-19(2)3/h9-16,19,31-32H,8,17-18H2,1-7H3. The van der Waals surface area contributed by atoms with Crippen LogP contribution in [0.4, 0.5) is 11.4 Å². The van der Waals surface area contributed by atoms with Crippen LogP contribution >= 0.6 is 0 Å². The number of anilines is 2. The molecule has 0 atom stereocenters. The Morgan fingerprint density at radius 1 is 0.794 bits per heavy atom. The third-order valence-corrected chi connectivity index (χ3v) is 6.34. The SMILES string of the molecule is CCCNc1ccc(-c2c(C)c(C)c(-c3ccc(NCC(C)C)cc3)c(C)c2C(=O)OC)cc1. The smallest absolute Gasteiger partial charge is 0.338 e. The van der Waals surface area contributed by atoms with E-state index in [1.807, 2.05) is 6.92 Å². The molecule has 0 amide bonds. The second-order valence-corrected chi connectivity index (χ2v) is 9.35. The highest BCUT2D eigenvalue weighted by molar-refractivity contribution is 6.03. The van der Waals surface area contributed by atoms with Crippen molar-refractivity contribution >= 4 is 17.3 Å². The van der Waals surface area contributed by atoms with E-state index < -0.39 is 0 Å². The number of benzene rings is 3. The summed E-state index contributed by atoms with van der Waals surface area (Å²) in [6, 6.07) is 16.8. The van der Waals surface area contributed by atoms with Crippen LogP contribution in [-0.4, -0.2) is 26.2 Å². The summed E-state index contributed by atoms with van der Waals surface area (Å²) in [6.07, 6.45) is 1.07. The third kappa shape index (κ3) is 5.44. The minimum Gasteiger partial charge on any atom is -0.465 e. The van der Waals surface area contributed by atoms with E-state index in [4.69, 9.17) is 4.74 Å². The lowest BCUT2D eigenvalue weighted by atomic mass is 9.82. The molecular weight excluding hydrogens is 420 g/mol. The molecule has 0 aromatic heterocycles. The molecule has 0 spiro atoms. The molecule has 3 rings (SSSR count). The van der Waals surface area contributed by atoms with Gasteiger partial charge in [0.05, 0.1) is 12.7 Å². The summed E-state index contributed by atoms with van der Waals surface area (Å²) in [5.74, 6) is 0.277.